The maximum Gasteiger partial charge on any atom is 0.321 e. The van der Waals surface area contributed by atoms with Crippen molar-refractivity contribution >= 4 is 11.9 Å². The number of hydrogen-bond acceptors (Lipinski definition) is 5. The van der Waals surface area contributed by atoms with E-state index in [1.165, 1.54) is 7.05 Å². The molecule has 0 aromatic rings. The quantitative estimate of drug-likeness (QED) is 0.710. The van der Waals surface area contributed by atoms with Gasteiger partial charge in [-0.15, -0.1) is 0 Å². The van der Waals surface area contributed by atoms with Gasteiger partial charge < -0.3 is 5.32 Å². The molecule has 1 aliphatic heterocycles. The summed E-state index contributed by atoms with van der Waals surface area (Å²) in [5.41, 5.74) is 0. The third kappa shape index (κ3) is 4.19. The lowest BCUT2D eigenvalue weighted by molar-refractivity contribution is -0.125. The summed E-state index contributed by atoms with van der Waals surface area (Å²) in [6.45, 7) is 6.60. The van der Waals surface area contributed by atoms with E-state index in [2.05, 4.69) is 21.6 Å². The minimum atomic E-state index is -0.492. The van der Waals surface area contributed by atoms with Crippen molar-refractivity contribution in [2.75, 3.05) is 33.2 Å². The van der Waals surface area contributed by atoms with Gasteiger partial charge in [0.05, 0.1) is 18.2 Å². The maximum absolute atomic E-state index is 11.8. The molecular formula is C12H21N5O2. The highest BCUT2D eigenvalue weighted by Gasteiger charge is 2.27. The minimum Gasteiger partial charge on any atom is -0.341 e. The summed E-state index contributed by atoms with van der Waals surface area (Å²) >= 11 is 0. The van der Waals surface area contributed by atoms with E-state index >= 15 is 0 Å². The highest BCUT2D eigenvalue weighted by Crippen LogP contribution is 2.09. The molecule has 0 aliphatic carbocycles. The number of nitriles is 1. The number of piperazine rings is 1. The van der Waals surface area contributed by atoms with Crippen molar-refractivity contribution in [3.05, 3.63) is 0 Å². The number of nitrogens with zero attached hydrogens (tertiary/aromatic N) is 3. The molecule has 0 radical (unpaired) electrons. The molecule has 1 heterocycles. The third-order valence-corrected chi connectivity index (χ3v) is 3.47. The van der Waals surface area contributed by atoms with Crippen molar-refractivity contribution in [1.82, 2.24) is 20.4 Å². The van der Waals surface area contributed by atoms with E-state index in [-0.39, 0.29) is 18.0 Å². The van der Waals surface area contributed by atoms with Gasteiger partial charge in [0.15, 0.2) is 0 Å². The van der Waals surface area contributed by atoms with E-state index in [0.29, 0.717) is 13.1 Å². The molecule has 1 saturated heterocycles. The third-order valence-electron chi connectivity index (χ3n) is 3.47. The van der Waals surface area contributed by atoms with E-state index in [0.717, 1.165) is 13.1 Å². The molecule has 19 heavy (non-hydrogen) atoms. The Bertz CT molecular complexity index is 371. The molecule has 0 bridgehead atoms. The first kappa shape index (κ1) is 15.4. The van der Waals surface area contributed by atoms with Crippen LogP contribution in [0.2, 0.25) is 0 Å². The zero-order valence-corrected chi connectivity index (χ0v) is 11.6. The number of carbonyl (C=O) groups excluding carboxylic acids is 2. The first-order valence-corrected chi connectivity index (χ1v) is 6.40. The molecule has 7 nitrogen and oxygen atoms in total. The van der Waals surface area contributed by atoms with Crippen LogP contribution in [0.15, 0.2) is 0 Å². The Labute approximate surface area is 113 Å². The van der Waals surface area contributed by atoms with Crippen LogP contribution < -0.4 is 10.6 Å². The molecule has 0 saturated carbocycles. The lowest BCUT2D eigenvalue weighted by atomic mass is 10.2. The molecule has 2 atom stereocenters. The van der Waals surface area contributed by atoms with Crippen LogP contribution in [0.4, 0.5) is 4.79 Å². The summed E-state index contributed by atoms with van der Waals surface area (Å²) in [7, 11) is 1.47. The van der Waals surface area contributed by atoms with Gasteiger partial charge in [0.2, 0.25) is 5.91 Å². The first-order chi connectivity index (χ1) is 8.99. The molecule has 3 amide bonds. The Hall–Kier alpha value is -1.65. The lowest BCUT2D eigenvalue weighted by Gasteiger charge is -2.38. The number of imide groups is 1. The Balaban J connectivity index is 2.44. The Morgan fingerprint density at radius 3 is 2.16 bits per heavy atom. The van der Waals surface area contributed by atoms with Crippen LogP contribution >= 0.6 is 0 Å². The normalized spacial score (nSPS) is 20.1. The standard InChI is InChI=1S/C12H21N5O2/c1-9(8-13)16-4-6-17(7-5-16)10(2)11(18)15-12(19)14-3/h9-10H,4-7H2,1-3H3,(H2,14,15,18,19). The van der Waals surface area contributed by atoms with E-state index in [9.17, 15) is 9.59 Å². The molecule has 0 aromatic carbocycles. The highest BCUT2D eigenvalue weighted by molar-refractivity contribution is 5.96. The zero-order valence-electron chi connectivity index (χ0n) is 11.6. The van der Waals surface area contributed by atoms with E-state index in [1.807, 2.05) is 11.8 Å². The van der Waals surface area contributed by atoms with Crippen molar-refractivity contribution in [3.63, 3.8) is 0 Å². The Morgan fingerprint density at radius 1 is 1.16 bits per heavy atom. The van der Waals surface area contributed by atoms with Gasteiger partial charge in [-0.3, -0.25) is 19.9 Å². The number of amides is 3. The predicted molar refractivity (Wildman–Crippen MR) is 70.3 cm³/mol. The van der Waals surface area contributed by atoms with Gasteiger partial charge in [0.25, 0.3) is 0 Å². The summed E-state index contributed by atoms with van der Waals surface area (Å²) in [4.78, 5) is 27.0. The van der Waals surface area contributed by atoms with Gasteiger partial charge in [0, 0.05) is 33.2 Å². The van der Waals surface area contributed by atoms with E-state index < -0.39 is 6.03 Å². The summed E-state index contributed by atoms with van der Waals surface area (Å²) in [6.07, 6.45) is 0. The second kappa shape index (κ2) is 7.07. The smallest absolute Gasteiger partial charge is 0.321 e. The number of nitrogens with one attached hydrogen (secondary N) is 2. The molecule has 106 valence electrons. The average Bonchev–Trinajstić information content (AvgIpc) is 2.45. The number of rotatable bonds is 3. The summed E-state index contributed by atoms with van der Waals surface area (Å²) in [5, 5.41) is 13.5. The van der Waals surface area contributed by atoms with Crippen LogP contribution in [0.3, 0.4) is 0 Å². The minimum absolute atomic E-state index is 0.0999. The van der Waals surface area contributed by atoms with Gasteiger partial charge in [-0.1, -0.05) is 0 Å². The zero-order chi connectivity index (χ0) is 14.4. The van der Waals surface area contributed by atoms with Gasteiger partial charge in [-0.2, -0.15) is 5.26 Å². The molecule has 0 aromatic heterocycles. The second-order valence-electron chi connectivity index (χ2n) is 4.62. The molecule has 7 heteroatoms. The van der Waals surface area contributed by atoms with Crippen LogP contribution in [-0.4, -0.2) is 67.0 Å². The van der Waals surface area contributed by atoms with Crippen molar-refractivity contribution in [2.45, 2.75) is 25.9 Å². The number of carbonyl (C=O) groups is 2. The molecular weight excluding hydrogens is 246 g/mol. The topological polar surface area (TPSA) is 88.5 Å². The van der Waals surface area contributed by atoms with Gasteiger partial charge >= 0.3 is 6.03 Å². The van der Waals surface area contributed by atoms with Crippen LogP contribution in [-0.2, 0) is 4.79 Å². The molecule has 1 fully saturated rings. The van der Waals surface area contributed by atoms with Crippen LogP contribution in [0.25, 0.3) is 0 Å². The van der Waals surface area contributed by atoms with Crippen LogP contribution in [0.1, 0.15) is 13.8 Å². The maximum atomic E-state index is 11.8. The Morgan fingerprint density at radius 2 is 1.68 bits per heavy atom. The van der Waals surface area contributed by atoms with Gasteiger partial charge in [0.1, 0.15) is 0 Å². The van der Waals surface area contributed by atoms with E-state index in [1.54, 1.807) is 6.92 Å². The van der Waals surface area contributed by atoms with Crippen LogP contribution in [0.5, 0.6) is 0 Å². The first-order valence-electron chi connectivity index (χ1n) is 6.40. The second-order valence-corrected chi connectivity index (χ2v) is 4.62. The molecule has 1 rings (SSSR count). The Kier molecular flexibility index (Phi) is 5.73. The largest absolute Gasteiger partial charge is 0.341 e. The number of urea groups is 1. The van der Waals surface area contributed by atoms with Crippen molar-refractivity contribution in [3.8, 4) is 6.07 Å². The fourth-order valence-corrected chi connectivity index (χ4v) is 2.04. The highest BCUT2D eigenvalue weighted by atomic mass is 16.2. The molecule has 2 N–H and O–H groups in total. The van der Waals surface area contributed by atoms with Crippen molar-refractivity contribution in [1.29, 1.82) is 5.26 Å². The van der Waals surface area contributed by atoms with Crippen molar-refractivity contribution < 1.29 is 9.59 Å². The SMILES string of the molecule is CNC(=O)NC(=O)C(C)N1CCN(C(C)C#N)CC1. The van der Waals surface area contributed by atoms with E-state index in [4.69, 9.17) is 5.26 Å². The molecule has 1 aliphatic rings. The summed E-state index contributed by atoms with van der Waals surface area (Å²) in [6, 6.07) is 1.27. The fraction of sp³-hybridized carbons (Fsp3) is 0.750. The molecule has 2 unspecified atom stereocenters. The summed E-state index contributed by atoms with van der Waals surface area (Å²) in [5.74, 6) is -0.305. The number of hydrogen-bond donors (Lipinski definition) is 2. The lowest BCUT2D eigenvalue weighted by Crippen LogP contribution is -2.56. The fourth-order valence-electron chi connectivity index (χ4n) is 2.04. The molecule has 0 spiro atoms. The van der Waals surface area contributed by atoms with Crippen molar-refractivity contribution in [2.24, 2.45) is 0 Å². The summed E-state index contributed by atoms with van der Waals surface area (Å²) < 4.78 is 0. The average molecular weight is 267 g/mol. The monoisotopic (exact) mass is 267 g/mol. The van der Waals surface area contributed by atoms with Gasteiger partial charge in [-0.05, 0) is 13.8 Å². The van der Waals surface area contributed by atoms with Crippen LogP contribution in [0, 0.1) is 11.3 Å². The predicted octanol–water partition coefficient (Wildman–Crippen LogP) is -0.640. The van der Waals surface area contributed by atoms with Gasteiger partial charge in [-0.25, -0.2) is 4.79 Å².